The molecule has 1 aromatic carbocycles. The molecule has 1 aliphatic heterocycles. The van der Waals surface area contributed by atoms with Crippen LogP contribution in [0.25, 0.3) is 0 Å². The van der Waals surface area contributed by atoms with E-state index in [1.54, 1.807) is 0 Å². The van der Waals surface area contributed by atoms with E-state index in [0.29, 0.717) is 5.92 Å². The minimum absolute atomic E-state index is 0.141. The van der Waals surface area contributed by atoms with Gasteiger partial charge in [-0.1, -0.05) is 24.3 Å². The third kappa shape index (κ3) is 3.07. The van der Waals surface area contributed by atoms with E-state index >= 15 is 0 Å². The molecule has 3 heteroatoms. The first-order chi connectivity index (χ1) is 8.16. The Bertz CT molecular complexity index is 403. The quantitative estimate of drug-likeness (QED) is 0.827. The summed E-state index contributed by atoms with van der Waals surface area (Å²) in [6, 6.07) is 8.32. The SMILES string of the molecule is Cc1ccccc1CC1CCNC(C(N)=O)C1. The zero-order chi connectivity index (χ0) is 12.3. The largest absolute Gasteiger partial charge is 0.368 e. The van der Waals surface area contributed by atoms with Crippen LogP contribution in [0.4, 0.5) is 0 Å². The standard InChI is InChI=1S/C14H20N2O/c1-10-4-2-3-5-12(10)8-11-6-7-16-13(9-11)14(15)17/h2-5,11,13,16H,6-9H2,1H3,(H2,15,17). The monoisotopic (exact) mass is 232 g/mol. The van der Waals surface area contributed by atoms with Crippen molar-refractivity contribution in [1.29, 1.82) is 0 Å². The van der Waals surface area contributed by atoms with E-state index in [4.69, 9.17) is 5.73 Å². The Morgan fingerprint density at radius 3 is 2.94 bits per heavy atom. The van der Waals surface area contributed by atoms with Gasteiger partial charge in [0.1, 0.15) is 0 Å². The van der Waals surface area contributed by atoms with Crippen molar-refractivity contribution >= 4 is 5.91 Å². The van der Waals surface area contributed by atoms with Crippen LogP contribution >= 0.6 is 0 Å². The van der Waals surface area contributed by atoms with Gasteiger partial charge in [-0.05, 0) is 49.8 Å². The van der Waals surface area contributed by atoms with Gasteiger partial charge >= 0.3 is 0 Å². The van der Waals surface area contributed by atoms with Crippen molar-refractivity contribution in [3.63, 3.8) is 0 Å². The molecule has 1 heterocycles. The second kappa shape index (κ2) is 5.32. The summed E-state index contributed by atoms with van der Waals surface area (Å²) in [6.07, 6.45) is 3.04. The average molecular weight is 232 g/mol. The number of benzene rings is 1. The molecule has 1 aromatic rings. The average Bonchev–Trinajstić information content (AvgIpc) is 2.32. The van der Waals surface area contributed by atoms with E-state index in [1.165, 1.54) is 11.1 Å². The molecule has 0 radical (unpaired) electrons. The van der Waals surface area contributed by atoms with E-state index in [-0.39, 0.29) is 11.9 Å². The highest BCUT2D eigenvalue weighted by molar-refractivity contribution is 5.79. The number of carbonyl (C=O) groups excluding carboxylic acids is 1. The van der Waals surface area contributed by atoms with E-state index in [0.717, 1.165) is 25.8 Å². The normalized spacial score (nSPS) is 24.5. The van der Waals surface area contributed by atoms with E-state index in [1.807, 2.05) is 0 Å². The fraction of sp³-hybridized carbons (Fsp3) is 0.500. The molecule has 1 amide bonds. The van der Waals surface area contributed by atoms with Crippen LogP contribution in [-0.4, -0.2) is 18.5 Å². The minimum Gasteiger partial charge on any atom is -0.368 e. The fourth-order valence-corrected chi connectivity index (χ4v) is 2.55. The zero-order valence-corrected chi connectivity index (χ0v) is 10.3. The van der Waals surface area contributed by atoms with Gasteiger partial charge in [-0.2, -0.15) is 0 Å². The second-order valence-corrected chi connectivity index (χ2v) is 4.93. The van der Waals surface area contributed by atoms with Gasteiger partial charge in [0, 0.05) is 0 Å². The van der Waals surface area contributed by atoms with Gasteiger partial charge in [0.25, 0.3) is 0 Å². The first-order valence-corrected chi connectivity index (χ1v) is 6.24. The smallest absolute Gasteiger partial charge is 0.234 e. The highest BCUT2D eigenvalue weighted by Crippen LogP contribution is 2.22. The molecule has 1 fully saturated rings. The van der Waals surface area contributed by atoms with Crippen LogP contribution in [-0.2, 0) is 11.2 Å². The summed E-state index contributed by atoms with van der Waals surface area (Å²) in [6.45, 7) is 3.03. The number of nitrogens with one attached hydrogen (secondary N) is 1. The number of amides is 1. The molecule has 17 heavy (non-hydrogen) atoms. The Morgan fingerprint density at radius 2 is 2.24 bits per heavy atom. The van der Waals surface area contributed by atoms with E-state index in [2.05, 4.69) is 36.5 Å². The second-order valence-electron chi connectivity index (χ2n) is 4.93. The lowest BCUT2D eigenvalue weighted by molar-refractivity contribution is -0.120. The van der Waals surface area contributed by atoms with Crippen molar-refractivity contribution in [1.82, 2.24) is 5.32 Å². The summed E-state index contributed by atoms with van der Waals surface area (Å²) < 4.78 is 0. The molecule has 0 aromatic heterocycles. The fourth-order valence-electron chi connectivity index (χ4n) is 2.55. The summed E-state index contributed by atoms with van der Waals surface area (Å²) in [5.74, 6) is 0.342. The van der Waals surface area contributed by atoms with Gasteiger partial charge in [-0.25, -0.2) is 0 Å². The third-order valence-corrected chi connectivity index (χ3v) is 3.63. The molecule has 3 N–H and O–H groups in total. The highest BCUT2D eigenvalue weighted by Gasteiger charge is 2.25. The van der Waals surface area contributed by atoms with Gasteiger partial charge in [-0.15, -0.1) is 0 Å². The van der Waals surface area contributed by atoms with E-state index in [9.17, 15) is 4.79 Å². The van der Waals surface area contributed by atoms with Crippen molar-refractivity contribution < 1.29 is 4.79 Å². The lowest BCUT2D eigenvalue weighted by atomic mass is 9.86. The van der Waals surface area contributed by atoms with Crippen LogP contribution in [0.2, 0.25) is 0 Å². The highest BCUT2D eigenvalue weighted by atomic mass is 16.1. The molecular formula is C14H20N2O. The molecule has 0 spiro atoms. The number of rotatable bonds is 3. The molecular weight excluding hydrogens is 212 g/mol. The molecule has 1 saturated heterocycles. The van der Waals surface area contributed by atoms with Gasteiger partial charge in [0.05, 0.1) is 6.04 Å². The molecule has 3 nitrogen and oxygen atoms in total. The molecule has 0 saturated carbocycles. The molecule has 2 unspecified atom stereocenters. The van der Waals surface area contributed by atoms with Crippen LogP contribution in [0, 0.1) is 12.8 Å². The summed E-state index contributed by atoms with van der Waals surface area (Å²) >= 11 is 0. The summed E-state index contributed by atoms with van der Waals surface area (Å²) in [4.78, 5) is 11.2. The molecule has 0 aliphatic carbocycles. The van der Waals surface area contributed by atoms with Gasteiger partial charge in [0.15, 0.2) is 0 Å². The third-order valence-electron chi connectivity index (χ3n) is 3.63. The maximum Gasteiger partial charge on any atom is 0.234 e. The lowest BCUT2D eigenvalue weighted by Gasteiger charge is -2.28. The Labute approximate surface area is 102 Å². The molecule has 2 atom stereocenters. The topological polar surface area (TPSA) is 55.1 Å². The Morgan fingerprint density at radius 1 is 1.47 bits per heavy atom. The number of nitrogens with two attached hydrogens (primary N) is 1. The minimum atomic E-state index is -0.223. The number of carbonyl (C=O) groups is 1. The number of hydrogen-bond donors (Lipinski definition) is 2. The van der Waals surface area contributed by atoms with Crippen LogP contribution in [0.5, 0.6) is 0 Å². The molecule has 0 bridgehead atoms. The van der Waals surface area contributed by atoms with Crippen molar-refractivity contribution in [3.8, 4) is 0 Å². The Balaban J connectivity index is 1.99. The maximum atomic E-state index is 11.2. The zero-order valence-electron chi connectivity index (χ0n) is 10.3. The summed E-state index contributed by atoms with van der Waals surface area (Å²) in [7, 11) is 0. The molecule has 1 aliphatic rings. The molecule has 92 valence electrons. The van der Waals surface area contributed by atoms with Crippen LogP contribution < -0.4 is 11.1 Å². The van der Waals surface area contributed by atoms with Crippen LogP contribution in [0.15, 0.2) is 24.3 Å². The number of piperidine rings is 1. The van der Waals surface area contributed by atoms with Crippen LogP contribution in [0.1, 0.15) is 24.0 Å². The van der Waals surface area contributed by atoms with Gasteiger partial charge in [-0.3, -0.25) is 4.79 Å². The predicted octanol–water partition coefficient (Wildman–Crippen LogP) is 1.39. The molecule has 2 rings (SSSR count). The van der Waals surface area contributed by atoms with E-state index < -0.39 is 0 Å². The van der Waals surface area contributed by atoms with Crippen molar-refractivity contribution in [2.45, 2.75) is 32.2 Å². The summed E-state index contributed by atoms with van der Waals surface area (Å²) in [5, 5.41) is 3.17. The lowest BCUT2D eigenvalue weighted by Crippen LogP contribution is -2.47. The number of aryl methyl sites for hydroxylation is 1. The van der Waals surface area contributed by atoms with Gasteiger partial charge in [0.2, 0.25) is 5.91 Å². The van der Waals surface area contributed by atoms with Crippen LogP contribution in [0.3, 0.4) is 0 Å². The maximum absolute atomic E-state index is 11.2. The number of primary amides is 1. The Kier molecular flexibility index (Phi) is 3.79. The van der Waals surface area contributed by atoms with Crippen molar-refractivity contribution in [2.75, 3.05) is 6.54 Å². The number of hydrogen-bond acceptors (Lipinski definition) is 2. The first kappa shape index (κ1) is 12.1. The van der Waals surface area contributed by atoms with Crippen molar-refractivity contribution in [2.24, 2.45) is 11.7 Å². The van der Waals surface area contributed by atoms with Gasteiger partial charge < -0.3 is 11.1 Å². The van der Waals surface area contributed by atoms with Crippen molar-refractivity contribution in [3.05, 3.63) is 35.4 Å². The Hall–Kier alpha value is -1.35. The predicted molar refractivity (Wildman–Crippen MR) is 68.6 cm³/mol. The summed E-state index contributed by atoms with van der Waals surface area (Å²) in [5.41, 5.74) is 8.08. The first-order valence-electron chi connectivity index (χ1n) is 6.24.